The molecular formula is C14H24N4O4. The van der Waals surface area contributed by atoms with E-state index < -0.39 is 18.2 Å². The maximum Gasteiger partial charge on any atom is 0.222 e. The third kappa shape index (κ3) is 3.82. The van der Waals surface area contributed by atoms with Crippen molar-refractivity contribution in [2.45, 2.75) is 51.7 Å². The molecule has 8 heteroatoms. The lowest BCUT2D eigenvalue weighted by molar-refractivity contribution is -0.125. The van der Waals surface area contributed by atoms with E-state index in [1.807, 2.05) is 0 Å². The minimum absolute atomic E-state index is 0.125. The fraction of sp³-hybridized carbons (Fsp3) is 0.786. The number of nitrogens with zero attached hydrogens (tertiary/aromatic N) is 3. The Morgan fingerprint density at radius 2 is 2.23 bits per heavy atom. The van der Waals surface area contributed by atoms with Crippen molar-refractivity contribution in [1.82, 2.24) is 20.3 Å². The fourth-order valence-corrected chi connectivity index (χ4v) is 2.68. The second-order valence-electron chi connectivity index (χ2n) is 6.11. The van der Waals surface area contributed by atoms with Gasteiger partial charge in [-0.1, -0.05) is 19.1 Å². The topological polar surface area (TPSA) is 110 Å². The Bertz CT molecular complexity index is 505. The average Bonchev–Trinajstić information content (AvgIpc) is 3.00. The van der Waals surface area contributed by atoms with Gasteiger partial charge in [0.2, 0.25) is 5.91 Å². The summed E-state index contributed by atoms with van der Waals surface area (Å²) in [6.45, 7) is 4.39. The molecule has 8 nitrogen and oxygen atoms in total. The lowest BCUT2D eigenvalue weighted by Crippen LogP contribution is -2.44. The fourth-order valence-electron chi connectivity index (χ4n) is 2.68. The van der Waals surface area contributed by atoms with Crippen molar-refractivity contribution in [3.8, 4) is 0 Å². The number of ether oxygens (including phenoxy) is 1. The smallest absolute Gasteiger partial charge is 0.222 e. The summed E-state index contributed by atoms with van der Waals surface area (Å²) in [6.07, 6.45) is 0.394. The quantitative estimate of drug-likeness (QED) is 0.641. The van der Waals surface area contributed by atoms with Crippen molar-refractivity contribution in [1.29, 1.82) is 0 Å². The Labute approximate surface area is 129 Å². The molecule has 1 amide bonds. The van der Waals surface area contributed by atoms with E-state index in [0.717, 1.165) is 0 Å². The van der Waals surface area contributed by atoms with Crippen LogP contribution in [-0.2, 0) is 22.7 Å². The first kappa shape index (κ1) is 16.9. The van der Waals surface area contributed by atoms with Crippen molar-refractivity contribution in [3.05, 3.63) is 11.9 Å². The average molecular weight is 312 g/mol. The van der Waals surface area contributed by atoms with Gasteiger partial charge in [-0.15, -0.1) is 5.10 Å². The van der Waals surface area contributed by atoms with E-state index in [0.29, 0.717) is 25.3 Å². The van der Waals surface area contributed by atoms with Gasteiger partial charge in [0.25, 0.3) is 0 Å². The van der Waals surface area contributed by atoms with E-state index in [2.05, 4.69) is 15.6 Å². The van der Waals surface area contributed by atoms with Crippen LogP contribution in [0.15, 0.2) is 6.20 Å². The third-order valence-corrected chi connectivity index (χ3v) is 3.95. The van der Waals surface area contributed by atoms with Gasteiger partial charge in [-0.05, 0) is 6.42 Å². The van der Waals surface area contributed by atoms with E-state index in [9.17, 15) is 15.0 Å². The predicted molar refractivity (Wildman–Crippen MR) is 77.6 cm³/mol. The van der Waals surface area contributed by atoms with E-state index in [-0.39, 0.29) is 17.7 Å². The van der Waals surface area contributed by atoms with Crippen molar-refractivity contribution in [2.75, 3.05) is 7.11 Å². The van der Waals surface area contributed by atoms with Gasteiger partial charge in [0, 0.05) is 25.5 Å². The number of methoxy groups -OCH3 is 1. The van der Waals surface area contributed by atoms with E-state index in [4.69, 9.17) is 4.74 Å². The molecule has 22 heavy (non-hydrogen) atoms. The second kappa shape index (κ2) is 7.17. The Hall–Kier alpha value is -1.51. The Morgan fingerprint density at radius 1 is 1.50 bits per heavy atom. The number of carbonyl (C=O) groups is 1. The molecule has 1 aromatic rings. The van der Waals surface area contributed by atoms with Crippen LogP contribution in [0.3, 0.4) is 0 Å². The van der Waals surface area contributed by atoms with Crippen LogP contribution in [0.1, 0.15) is 26.0 Å². The summed E-state index contributed by atoms with van der Waals surface area (Å²) in [5.74, 6) is -0.472. The van der Waals surface area contributed by atoms with Crippen LogP contribution in [0.5, 0.6) is 0 Å². The molecule has 3 N–H and O–H groups in total. The first-order valence-corrected chi connectivity index (χ1v) is 7.46. The van der Waals surface area contributed by atoms with Crippen LogP contribution in [0.25, 0.3) is 0 Å². The number of hydrogen-bond donors (Lipinski definition) is 3. The summed E-state index contributed by atoms with van der Waals surface area (Å²) in [7, 11) is 1.58. The highest BCUT2D eigenvalue weighted by Crippen LogP contribution is 2.28. The zero-order valence-corrected chi connectivity index (χ0v) is 13.1. The molecule has 0 aromatic carbocycles. The summed E-state index contributed by atoms with van der Waals surface area (Å²) in [6, 6.07) is -0.433. The molecule has 1 heterocycles. The predicted octanol–water partition coefficient (Wildman–Crippen LogP) is -0.693. The van der Waals surface area contributed by atoms with Crippen LogP contribution in [0.2, 0.25) is 0 Å². The molecule has 1 saturated carbocycles. The van der Waals surface area contributed by atoms with Crippen molar-refractivity contribution in [3.63, 3.8) is 0 Å². The van der Waals surface area contributed by atoms with Gasteiger partial charge in [0.1, 0.15) is 11.8 Å². The summed E-state index contributed by atoms with van der Waals surface area (Å²) in [4.78, 5) is 11.7. The van der Waals surface area contributed by atoms with Gasteiger partial charge < -0.3 is 20.3 Å². The highest BCUT2D eigenvalue weighted by atomic mass is 16.5. The van der Waals surface area contributed by atoms with E-state index in [1.165, 1.54) is 0 Å². The number of aliphatic hydroxyl groups excluding tert-OH is 2. The number of aromatic nitrogens is 3. The number of nitrogens with one attached hydrogen (secondary N) is 1. The largest absolute Gasteiger partial charge is 0.390 e. The van der Waals surface area contributed by atoms with Crippen LogP contribution in [0.4, 0.5) is 0 Å². The molecule has 4 atom stereocenters. The Balaban J connectivity index is 1.95. The first-order chi connectivity index (χ1) is 10.4. The third-order valence-electron chi connectivity index (χ3n) is 3.95. The van der Waals surface area contributed by atoms with Crippen LogP contribution in [-0.4, -0.2) is 56.5 Å². The van der Waals surface area contributed by atoms with Gasteiger partial charge >= 0.3 is 0 Å². The van der Waals surface area contributed by atoms with Gasteiger partial charge in [-0.3, -0.25) is 9.48 Å². The number of rotatable bonds is 6. The van der Waals surface area contributed by atoms with Gasteiger partial charge in [-0.25, -0.2) is 0 Å². The van der Waals surface area contributed by atoms with Gasteiger partial charge in [0.05, 0.1) is 24.9 Å². The lowest BCUT2D eigenvalue weighted by Gasteiger charge is -2.19. The van der Waals surface area contributed by atoms with Crippen LogP contribution >= 0.6 is 0 Å². The molecular weight excluding hydrogens is 288 g/mol. The maximum atomic E-state index is 11.7. The van der Waals surface area contributed by atoms with Crippen molar-refractivity contribution in [2.24, 2.45) is 11.8 Å². The maximum absolute atomic E-state index is 11.7. The Morgan fingerprint density at radius 3 is 2.86 bits per heavy atom. The lowest BCUT2D eigenvalue weighted by atomic mass is 10.1. The standard InChI is InChI=1S/C14H24N4O4/c1-8(2)14(21)15-11-4-9(12(19)13(11)20)5-18-6-10(7-22-3)16-17-18/h6,8-9,11-13,19-20H,4-5,7H2,1-3H3,(H,15,21). The number of carbonyl (C=O) groups excluding carboxylic acids is 1. The summed E-state index contributed by atoms with van der Waals surface area (Å²) in [5.41, 5.74) is 0.709. The normalized spacial score (nSPS) is 28.3. The molecule has 4 unspecified atom stereocenters. The zero-order valence-electron chi connectivity index (χ0n) is 13.1. The highest BCUT2D eigenvalue weighted by molar-refractivity contribution is 5.78. The van der Waals surface area contributed by atoms with E-state index in [1.54, 1.807) is 31.8 Å². The monoisotopic (exact) mass is 312 g/mol. The number of amides is 1. The molecule has 1 fully saturated rings. The summed E-state index contributed by atoms with van der Waals surface area (Å²) < 4.78 is 6.61. The van der Waals surface area contributed by atoms with E-state index >= 15 is 0 Å². The minimum Gasteiger partial charge on any atom is -0.390 e. The summed E-state index contributed by atoms with van der Waals surface area (Å²) in [5, 5.41) is 31.0. The Kier molecular flexibility index (Phi) is 5.49. The second-order valence-corrected chi connectivity index (χ2v) is 6.11. The SMILES string of the molecule is COCc1cn(CC2CC(NC(=O)C(C)C)C(O)C2O)nn1. The molecule has 0 saturated heterocycles. The first-order valence-electron chi connectivity index (χ1n) is 7.46. The molecule has 0 bridgehead atoms. The molecule has 1 aliphatic rings. The minimum atomic E-state index is -0.963. The number of hydrogen-bond acceptors (Lipinski definition) is 6. The highest BCUT2D eigenvalue weighted by Gasteiger charge is 2.42. The van der Waals surface area contributed by atoms with Crippen molar-refractivity contribution < 1.29 is 19.7 Å². The van der Waals surface area contributed by atoms with Gasteiger partial charge in [-0.2, -0.15) is 0 Å². The van der Waals surface area contributed by atoms with Crippen molar-refractivity contribution >= 4 is 5.91 Å². The molecule has 1 aromatic heterocycles. The molecule has 0 spiro atoms. The van der Waals surface area contributed by atoms with Crippen LogP contribution in [0, 0.1) is 11.8 Å². The molecule has 0 radical (unpaired) electrons. The molecule has 0 aliphatic heterocycles. The molecule has 124 valence electrons. The van der Waals surface area contributed by atoms with Gasteiger partial charge in [0.15, 0.2) is 0 Å². The number of aliphatic hydroxyl groups is 2. The molecule has 2 rings (SSSR count). The molecule has 1 aliphatic carbocycles. The zero-order chi connectivity index (χ0) is 16.3. The van der Waals surface area contributed by atoms with Crippen LogP contribution < -0.4 is 5.32 Å². The summed E-state index contributed by atoms with van der Waals surface area (Å²) >= 11 is 0.